The summed E-state index contributed by atoms with van der Waals surface area (Å²) in [5.74, 6) is 0.116. The summed E-state index contributed by atoms with van der Waals surface area (Å²) in [5.41, 5.74) is 3.95. The highest BCUT2D eigenvalue weighted by Crippen LogP contribution is 2.35. The zero-order valence-corrected chi connectivity index (χ0v) is 21.7. The minimum absolute atomic E-state index is 0.0184. The van der Waals surface area contributed by atoms with E-state index < -0.39 is 5.91 Å². The van der Waals surface area contributed by atoms with Gasteiger partial charge in [0.1, 0.15) is 17.0 Å². The van der Waals surface area contributed by atoms with Crippen molar-refractivity contribution in [2.24, 2.45) is 0 Å². The highest BCUT2D eigenvalue weighted by molar-refractivity contribution is 7.80. The number of carbonyl (C=O) groups is 1. The van der Waals surface area contributed by atoms with E-state index in [1.54, 1.807) is 36.4 Å². The lowest BCUT2D eigenvalue weighted by molar-refractivity contribution is 0.0951. The number of fused-ring (bicyclic) bond motifs is 1. The third kappa shape index (κ3) is 5.17. The number of rotatable bonds is 5. The fourth-order valence-electron chi connectivity index (χ4n) is 3.72. The third-order valence-electron chi connectivity index (χ3n) is 5.62. The average molecular weight is 552 g/mol. The zero-order valence-electron chi connectivity index (χ0n) is 19.3. The van der Waals surface area contributed by atoms with E-state index in [1.165, 1.54) is 12.1 Å². The van der Waals surface area contributed by atoms with Gasteiger partial charge in [0.05, 0.1) is 15.6 Å². The first-order valence-corrected chi connectivity index (χ1v) is 12.4. The molecule has 186 valence electrons. The minimum atomic E-state index is -0.555. The van der Waals surface area contributed by atoms with Gasteiger partial charge in [0.2, 0.25) is 5.89 Å². The Morgan fingerprint density at radius 3 is 2.65 bits per heavy atom. The van der Waals surface area contributed by atoms with Crippen LogP contribution in [0.25, 0.3) is 33.9 Å². The van der Waals surface area contributed by atoms with Crippen LogP contribution in [0.1, 0.15) is 23.0 Å². The van der Waals surface area contributed by atoms with Crippen LogP contribution in [-0.2, 0) is 6.42 Å². The van der Waals surface area contributed by atoms with E-state index in [1.807, 2.05) is 18.2 Å². The molecule has 0 aliphatic carbocycles. The van der Waals surface area contributed by atoms with E-state index in [9.17, 15) is 9.90 Å². The Kier molecular flexibility index (Phi) is 6.88. The summed E-state index contributed by atoms with van der Waals surface area (Å²) >= 11 is 17.5. The fourth-order valence-corrected chi connectivity index (χ4v) is 4.33. The van der Waals surface area contributed by atoms with Gasteiger partial charge in [-0.15, -0.1) is 0 Å². The van der Waals surface area contributed by atoms with E-state index in [0.29, 0.717) is 44.1 Å². The van der Waals surface area contributed by atoms with E-state index in [-0.39, 0.29) is 16.6 Å². The molecular formula is C27H19Cl2N3O4S. The Hall–Kier alpha value is -3.85. The molecule has 0 atom stereocenters. The lowest BCUT2D eigenvalue weighted by Crippen LogP contribution is -2.33. The highest BCUT2D eigenvalue weighted by Gasteiger charge is 2.17. The first-order valence-electron chi connectivity index (χ1n) is 11.2. The third-order valence-corrected chi connectivity index (χ3v) is 6.64. The number of hydrogen-bond donors (Lipinski definition) is 3. The maximum atomic E-state index is 12.6. The summed E-state index contributed by atoms with van der Waals surface area (Å²) in [4.78, 5) is 17.1. The van der Waals surface area contributed by atoms with Crippen molar-refractivity contribution < 1.29 is 18.7 Å². The number of aryl methyl sites for hydroxylation is 1. The molecule has 7 nitrogen and oxygen atoms in total. The van der Waals surface area contributed by atoms with Crippen LogP contribution in [0.15, 0.2) is 75.6 Å². The van der Waals surface area contributed by atoms with Crippen molar-refractivity contribution >= 4 is 63.2 Å². The summed E-state index contributed by atoms with van der Waals surface area (Å²) in [5, 5.41) is 16.7. The molecule has 3 N–H and O–H groups in total. The predicted molar refractivity (Wildman–Crippen MR) is 148 cm³/mol. The number of nitrogens with zero attached hydrogens (tertiary/aromatic N) is 1. The van der Waals surface area contributed by atoms with Crippen molar-refractivity contribution in [2.75, 3.05) is 5.32 Å². The van der Waals surface area contributed by atoms with Gasteiger partial charge in [-0.2, -0.15) is 0 Å². The first kappa shape index (κ1) is 24.8. The minimum Gasteiger partial charge on any atom is -0.507 e. The molecule has 10 heteroatoms. The van der Waals surface area contributed by atoms with Crippen LogP contribution in [0.5, 0.6) is 5.75 Å². The van der Waals surface area contributed by atoms with Gasteiger partial charge in [0.25, 0.3) is 5.91 Å². The zero-order chi connectivity index (χ0) is 26.1. The maximum Gasteiger partial charge on any atom is 0.293 e. The number of phenolic OH excluding ortho intramolecular Hbond substituents is 1. The Morgan fingerprint density at radius 1 is 1.03 bits per heavy atom. The van der Waals surface area contributed by atoms with Crippen molar-refractivity contribution in [1.82, 2.24) is 10.3 Å². The van der Waals surface area contributed by atoms with E-state index >= 15 is 0 Å². The number of furan rings is 1. The summed E-state index contributed by atoms with van der Waals surface area (Å²) in [6.45, 7) is 2.07. The van der Waals surface area contributed by atoms with Gasteiger partial charge in [0.15, 0.2) is 16.5 Å². The van der Waals surface area contributed by atoms with Gasteiger partial charge in [-0.05, 0) is 72.7 Å². The normalized spacial score (nSPS) is 11.0. The molecule has 0 radical (unpaired) electrons. The van der Waals surface area contributed by atoms with Crippen molar-refractivity contribution in [3.8, 4) is 28.5 Å². The van der Waals surface area contributed by atoms with Crippen molar-refractivity contribution in [3.63, 3.8) is 0 Å². The summed E-state index contributed by atoms with van der Waals surface area (Å²) < 4.78 is 11.4. The maximum absolute atomic E-state index is 12.6. The predicted octanol–water partition coefficient (Wildman–Crippen LogP) is 7.46. The molecule has 3 aromatic carbocycles. The molecule has 0 saturated heterocycles. The topological polar surface area (TPSA) is 101 Å². The largest absolute Gasteiger partial charge is 0.507 e. The molecule has 0 fully saturated rings. The lowest BCUT2D eigenvalue weighted by Gasteiger charge is -2.10. The van der Waals surface area contributed by atoms with Crippen molar-refractivity contribution in [2.45, 2.75) is 13.3 Å². The molecule has 0 spiro atoms. The second-order valence-corrected chi connectivity index (χ2v) is 9.27. The number of benzene rings is 3. The van der Waals surface area contributed by atoms with E-state index in [2.05, 4.69) is 22.5 Å². The van der Waals surface area contributed by atoms with Crippen molar-refractivity contribution in [1.29, 1.82) is 0 Å². The smallest absolute Gasteiger partial charge is 0.293 e. The summed E-state index contributed by atoms with van der Waals surface area (Å²) in [6.07, 6.45) is 0.886. The monoisotopic (exact) mass is 551 g/mol. The molecule has 0 aliphatic heterocycles. The van der Waals surface area contributed by atoms with Gasteiger partial charge < -0.3 is 19.3 Å². The molecule has 2 heterocycles. The Labute approximate surface area is 227 Å². The van der Waals surface area contributed by atoms with Crippen LogP contribution < -0.4 is 10.6 Å². The molecule has 0 unspecified atom stereocenters. The molecular weight excluding hydrogens is 533 g/mol. The number of hydrogen-bond acceptors (Lipinski definition) is 6. The van der Waals surface area contributed by atoms with Gasteiger partial charge in [-0.1, -0.05) is 42.3 Å². The molecule has 1 amide bonds. The molecule has 0 bridgehead atoms. The number of aromatic hydroxyl groups is 1. The SMILES string of the molecule is CCc1ccc2oc(-c3ccc(NC(=S)NC(=O)c4ccc(-c5cccc(Cl)c5Cl)o4)cc3O)nc2c1. The Bertz CT molecular complexity index is 1660. The van der Waals surface area contributed by atoms with Crippen molar-refractivity contribution in [3.05, 3.63) is 88.1 Å². The number of nitrogens with one attached hydrogen (secondary N) is 2. The summed E-state index contributed by atoms with van der Waals surface area (Å²) in [7, 11) is 0. The van der Waals surface area contributed by atoms with Gasteiger partial charge in [-0.25, -0.2) is 4.98 Å². The number of oxazole rings is 1. The van der Waals surface area contributed by atoms with Crippen LogP contribution in [-0.4, -0.2) is 21.1 Å². The van der Waals surface area contributed by atoms with Crippen LogP contribution in [0.4, 0.5) is 5.69 Å². The quantitative estimate of drug-likeness (QED) is 0.195. The average Bonchev–Trinajstić information content (AvgIpc) is 3.53. The first-order chi connectivity index (χ1) is 17.8. The highest BCUT2D eigenvalue weighted by atomic mass is 35.5. The fraction of sp³-hybridized carbons (Fsp3) is 0.0741. The molecule has 0 saturated carbocycles. The standard InChI is InChI=1S/C27H19Cl2N3O4S/c1-2-14-6-9-22-19(12-14)31-26(36-22)16-8-7-15(13-20(16)33)30-27(37)32-25(34)23-11-10-21(35-23)17-4-3-5-18(28)24(17)29/h3-13,33H,2H2,1H3,(H2,30,32,34,37). The Morgan fingerprint density at radius 2 is 1.86 bits per heavy atom. The van der Waals surface area contributed by atoms with Crippen LogP contribution in [0, 0.1) is 0 Å². The van der Waals surface area contributed by atoms with E-state index in [4.69, 9.17) is 44.3 Å². The number of anilines is 1. The summed E-state index contributed by atoms with van der Waals surface area (Å²) in [6, 6.07) is 18.9. The van der Waals surface area contributed by atoms with Gasteiger partial charge in [-0.3, -0.25) is 10.1 Å². The lowest BCUT2D eigenvalue weighted by atomic mass is 10.1. The van der Waals surface area contributed by atoms with Gasteiger partial charge >= 0.3 is 0 Å². The molecule has 2 aromatic heterocycles. The van der Waals surface area contributed by atoms with Crippen LogP contribution in [0.3, 0.4) is 0 Å². The number of aromatic nitrogens is 1. The van der Waals surface area contributed by atoms with Crippen LogP contribution >= 0.6 is 35.4 Å². The Balaban J connectivity index is 1.26. The van der Waals surface area contributed by atoms with E-state index in [0.717, 1.165) is 17.5 Å². The number of carbonyl (C=O) groups excluding carboxylic acids is 1. The second kappa shape index (κ2) is 10.3. The number of phenols is 1. The molecule has 5 rings (SSSR count). The molecule has 0 aliphatic rings. The molecule has 37 heavy (non-hydrogen) atoms. The van der Waals surface area contributed by atoms with Gasteiger partial charge in [0, 0.05) is 17.3 Å². The number of thiocarbonyl (C=S) groups is 1. The second-order valence-electron chi connectivity index (χ2n) is 8.08. The number of halogens is 2. The van der Waals surface area contributed by atoms with Crippen LogP contribution in [0.2, 0.25) is 10.0 Å². The number of amides is 1. The molecule has 5 aromatic rings.